The Bertz CT molecular complexity index is 885. The second-order valence-electron chi connectivity index (χ2n) is 19.0. The molecule has 1 rings (SSSR count). The van der Waals surface area contributed by atoms with E-state index in [1.807, 2.05) is 0 Å². The zero-order valence-electron chi connectivity index (χ0n) is 42.9. The van der Waals surface area contributed by atoms with Gasteiger partial charge in [0.15, 0.2) is 6.29 Å². The van der Waals surface area contributed by atoms with Crippen molar-refractivity contribution >= 4 is 11.9 Å². The highest BCUT2D eigenvalue weighted by atomic mass is 16.7. The summed E-state index contributed by atoms with van der Waals surface area (Å²) in [5, 5.41) is 7.20. The van der Waals surface area contributed by atoms with Crippen molar-refractivity contribution in [3.8, 4) is 0 Å². The van der Waals surface area contributed by atoms with Gasteiger partial charge >= 0.3 is 11.9 Å². The minimum absolute atomic E-state index is 0.0408. The predicted molar refractivity (Wildman–Crippen MR) is 268 cm³/mol. The molecule has 2 unspecified atom stereocenters. The number of ether oxygens (including phenoxy) is 5. The van der Waals surface area contributed by atoms with Gasteiger partial charge in [0, 0.05) is 32.7 Å². The molecule has 1 saturated heterocycles. The van der Waals surface area contributed by atoms with Crippen LogP contribution in [0.2, 0.25) is 0 Å². The van der Waals surface area contributed by atoms with E-state index in [1.165, 1.54) is 161 Å². The van der Waals surface area contributed by atoms with Gasteiger partial charge in [-0.2, -0.15) is 0 Å². The Hall–Kier alpha value is -1.30. The molecule has 0 aromatic rings. The third-order valence-corrected chi connectivity index (χ3v) is 12.7. The normalized spacial score (nSPS) is 14.1. The SMILES string of the molecule is CCCCCCCCNC(CCCCC(=O)OCC(COC(=O)CCCCC(OCCCCCCCC)OCCCCCCCC)NCCCN1CCCC1)OCCCCCCCC. The molecular formula is C54H107N3O7. The van der Waals surface area contributed by atoms with Crippen LogP contribution in [0.3, 0.4) is 0 Å². The second-order valence-corrected chi connectivity index (χ2v) is 19.0. The summed E-state index contributed by atoms with van der Waals surface area (Å²) in [4.78, 5) is 28.4. The number of carbonyl (C=O) groups excluding carboxylic acids is 2. The summed E-state index contributed by atoms with van der Waals surface area (Å²) in [6.45, 7) is 16.9. The minimum Gasteiger partial charge on any atom is -0.464 e. The van der Waals surface area contributed by atoms with Crippen LogP contribution in [-0.2, 0) is 33.3 Å². The standard InChI is InChI=1S/C54H107N3O7/c1-5-9-13-17-21-29-40-56-51(60-45-32-22-18-14-10-6-2)36-25-26-37-52(58)63-48-50(55-41-35-44-57-42-30-31-43-57)49-64-53(59)38-27-28-39-54(61-46-33-23-19-15-11-7-3)62-47-34-24-20-16-12-8-4/h50-51,54-56H,5-49H2,1-4H3. The Balaban J connectivity index is 2.52. The summed E-state index contributed by atoms with van der Waals surface area (Å²) in [5.74, 6) is -0.391. The van der Waals surface area contributed by atoms with Crippen molar-refractivity contribution in [2.75, 3.05) is 65.8 Å². The van der Waals surface area contributed by atoms with Crippen molar-refractivity contribution in [3.05, 3.63) is 0 Å². The molecule has 1 heterocycles. The molecule has 2 atom stereocenters. The number of rotatable bonds is 51. The summed E-state index contributed by atoms with van der Waals surface area (Å²) in [6.07, 6.45) is 39.2. The summed E-state index contributed by atoms with van der Waals surface area (Å²) < 4.78 is 30.3. The fraction of sp³-hybridized carbons (Fsp3) is 0.963. The van der Waals surface area contributed by atoms with Gasteiger partial charge in [0.05, 0.1) is 6.04 Å². The molecule has 0 aromatic carbocycles. The van der Waals surface area contributed by atoms with Gasteiger partial charge in [0.2, 0.25) is 0 Å². The largest absolute Gasteiger partial charge is 0.464 e. The van der Waals surface area contributed by atoms with E-state index in [0.29, 0.717) is 12.8 Å². The molecule has 0 saturated carbocycles. The van der Waals surface area contributed by atoms with Gasteiger partial charge in [-0.1, -0.05) is 156 Å². The molecule has 1 aliphatic rings. The average Bonchev–Trinajstić information content (AvgIpc) is 3.83. The highest BCUT2D eigenvalue weighted by Crippen LogP contribution is 2.15. The van der Waals surface area contributed by atoms with Crippen molar-refractivity contribution in [2.24, 2.45) is 0 Å². The number of unbranched alkanes of at least 4 members (excludes halogenated alkanes) is 22. The number of hydrogen-bond acceptors (Lipinski definition) is 10. The Labute approximate surface area is 396 Å². The quantitative estimate of drug-likeness (QED) is 0.0348. The molecule has 1 fully saturated rings. The van der Waals surface area contributed by atoms with Crippen LogP contribution in [0.25, 0.3) is 0 Å². The monoisotopic (exact) mass is 910 g/mol. The average molecular weight is 910 g/mol. The fourth-order valence-electron chi connectivity index (χ4n) is 8.42. The maximum absolute atomic E-state index is 12.9. The van der Waals surface area contributed by atoms with Crippen molar-refractivity contribution in [1.29, 1.82) is 0 Å². The van der Waals surface area contributed by atoms with Gasteiger partial charge < -0.3 is 33.9 Å². The highest BCUT2D eigenvalue weighted by molar-refractivity contribution is 5.69. The highest BCUT2D eigenvalue weighted by Gasteiger charge is 2.17. The number of nitrogens with zero attached hydrogens (tertiary/aromatic N) is 1. The Morgan fingerprint density at radius 1 is 0.453 bits per heavy atom. The molecule has 10 nitrogen and oxygen atoms in total. The van der Waals surface area contributed by atoms with E-state index in [0.717, 1.165) is 104 Å². The molecule has 0 aromatic heterocycles. The van der Waals surface area contributed by atoms with Crippen LogP contribution in [0.15, 0.2) is 0 Å². The van der Waals surface area contributed by atoms with Crippen LogP contribution >= 0.6 is 0 Å². The molecule has 10 heteroatoms. The van der Waals surface area contributed by atoms with Crippen molar-refractivity contribution in [3.63, 3.8) is 0 Å². The van der Waals surface area contributed by atoms with Crippen molar-refractivity contribution < 1.29 is 33.3 Å². The van der Waals surface area contributed by atoms with Gasteiger partial charge in [-0.15, -0.1) is 0 Å². The first-order valence-corrected chi connectivity index (χ1v) is 27.9. The lowest BCUT2D eigenvalue weighted by Crippen LogP contribution is -2.40. The van der Waals surface area contributed by atoms with Crippen LogP contribution < -0.4 is 10.6 Å². The summed E-state index contributed by atoms with van der Waals surface area (Å²) in [6, 6.07) is -0.229. The Morgan fingerprint density at radius 2 is 0.875 bits per heavy atom. The lowest BCUT2D eigenvalue weighted by atomic mass is 10.1. The summed E-state index contributed by atoms with van der Waals surface area (Å²) in [5.41, 5.74) is 0. The van der Waals surface area contributed by atoms with Crippen LogP contribution in [-0.4, -0.2) is 101 Å². The Morgan fingerprint density at radius 3 is 1.38 bits per heavy atom. The maximum atomic E-state index is 12.9. The van der Waals surface area contributed by atoms with Crippen molar-refractivity contribution in [1.82, 2.24) is 15.5 Å². The molecular weight excluding hydrogens is 803 g/mol. The topological polar surface area (TPSA) is 108 Å². The van der Waals surface area contributed by atoms with E-state index in [9.17, 15) is 9.59 Å². The molecule has 380 valence electrons. The van der Waals surface area contributed by atoms with Gasteiger partial charge in [0.25, 0.3) is 0 Å². The second kappa shape index (κ2) is 48.2. The van der Waals surface area contributed by atoms with E-state index in [1.54, 1.807) is 0 Å². The molecule has 64 heavy (non-hydrogen) atoms. The van der Waals surface area contributed by atoms with E-state index in [-0.39, 0.29) is 43.7 Å². The first-order valence-electron chi connectivity index (χ1n) is 27.9. The van der Waals surface area contributed by atoms with Gasteiger partial charge in [-0.3, -0.25) is 14.9 Å². The number of nitrogens with one attached hydrogen (secondary N) is 2. The van der Waals surface area contributed by atoms with Crippen LogP contribution in [0.4, 0.5) is 0 Å². The molecule has 0 radical (unpaired) electrons. The van der Waals surface area contributed by atoms with Crippen LogP contribution in [0, 0.1) is 0 Å². The molecule has 0 aliphatic carbocycles. The third-order valence-electron chi connectivity index (χ3n) is 12.7. The van der Waals surface area contributed by atoms with E-state index >= 15 is 0 Å². The number of esters is 2. The van der Waals surface area contributed by atoms with Gasteiger partial charge in [0.1, 0.15) is 19.4 Å². The predicted octanol–water partition coefficient (Wildman–Crippen LogP) is 13.4. The summed E-state index contributed by atoms with van der Waals surface area (Å²) >= 11 is 0. The molecule has 0 bridgehead atoms. The summed E-state index contributed by atoms with van der Waals surface area (Å²) in [7, 11) is 0. The van der Waals surface area contributed by atoms with E-state index < -0.39 is 0 Å². The van der Waals surface area contributed by atoms with Gasteiger partial charge in [-0.25, -0.2) is 0 Å². The Kier molecular flexibility index (Phi) is 45.7. The fourth-order valence-corrected chi connectivity index (χ4v) is 8.42. The van der Waals surface area contributed by atoms with E-state index in [4.69, 9.17) is 23.7 Å². The van der Waals surface area contributed by atoms with Crippen LogP contribution in [0.5, 0.6) is 0 Å². The maximum Gasteiger partial charge on any atom is 0.305 e. The first kappa shape index (κ1) is 60.7. The molecule has 0 spiro atoms. The number of hydrogen-bond donors (Lipinski definition) is 2. The van der Waals surface area contributed by atoms with E-state index in [2.05, 4.69) is 43.2 Å². The minimum atomic E-state index is -0.229. The third kappa shape index (κ3) is 40.9. The van der Waals surface area contributed by atoms with Crippen LogP contribution in [0.1, 0.15) is 252 Å². The zero-order valence-corrected chi connectivity index (χ0v) is 42.9. The smallest absolute Gasteiger partial charge is 0.305 e. The van der Waals surface area contributed by atoms with Gasteiger partial charge in [-0.05, 0) is 116 Å². The molecule has 1 aliphatic heterocycles. The number of likely N-dealkylation sites (tertiary alicyclic amines) is 1. The first-order chi connectivity index (χ1) is 31.5. The lowest BCUT2D eigenvalue weighted by Gasteiger charge is -2.21. The molecule has 2 N–H and O–H groups in total. The number of carbonyl (C=O) groups is 2. The van der Waals surface area contributed by atoms with Crippen molar-refractivity contribution in [2.45, 2.75) is 271 Å². The lowest BCUT2D eigenvalue weighted by molar-refractivity contribution is -0.150. The molecule has 0 amide bonds. The zero-order chi connectivity index (χ0) is 46.2.